The fourth-order valence-electron chi connectivity index (χ4n) is 3.04. The molecule has 0 atom stereocenters. The van der Waals surface area contributed by atoms with Gasteiger partial charge in [-0.1, -0.05) is 11.6 Å². The average molecular weight is 457 g/mol. The zero-order chi connectivity index (χ0) is 22.0. The third-order valence-electron chi connectivity index (χ3n) is 4.60. The standard InChI is InChI=1S/C17H20ClF3N2O5S/c1-28-16(25)11-5-7-22(8-6-11)15(24)10-23(29(2,26)27)12-3-4-14(18)13(9-12)17(19,20)21/h3-4,9,11H,5-8,10H2,1-2H3. The van der Waals surface area contributed by atoms with Gasteiger partial charge in [0.1, 0.15) is 6.54 Å². The van der Waals surface area contributed by atoms with E-state index in [-0.39, 0.29) is 30.7 Å². The first-order chi connectivity index (χ1) is 13.3. The number of halogens is 4. The van der Waals surface area contributed by atoms with Crippen LogP contribution in [-0.4, -0.2) is 58.2 Å². The van der Waals surface area contributed by atoms with Crippen LogP contribution in [0.1, 0.15) is 18.4 Å². The molecule has 2 rings (SSSR count). The molecule has 0 aliphatic carbocycles. The number of piperidine rings is 1. The fourth-order valence-corrected chi connectivity index (χ4v) is 4.11. The molecule has 0 N–H and O–H groups in total. The van der Waals surface area contributed by atoms with E-state index in [1.807, 2.05) is 0 Å². The highest BCUT2D eigenvalue weighted by atomic mass is 35.5. The van der Waals surface area contributed by atoms with Crippen molar-refractivity contribution in [3.05, 3.63) is 28.8 Å². The van der Waals surface area contributed by atoms with Crippen LogP contribution in [0.2, 0.25) is 5.02 Å². The number of amides is 1. The Balaban J connectivity index is 2.21. The summed E-state index contributed by atoms with van der Waals surface area (Å²) in [6, 6.07) is 2.64. The number of benzene rings is 1. The maximum absolute atomic E-state index is 13.1. The second kappa shape index (κ2) is 8.78. The van der Waals surface area contributed by atoms with Crippen molar-refractivity contribution in [3.8, 4) is 0 Å². The minimum Gasteiger partial charge on any atom is -0.469 e. The summed E-state index contributed by atoms with van der Waals surface area (Å²) >= 11 is 5.58. The number of rotatable bonds is 5. The van der Waals surface area contributed by atoms with Gasteiger partial charge in [-0.2, -0.15) is 13.2 Å². The summed E-state index contributed by atoms with van der Waals surface area (Å²) in [5.74, 6) is -1.31. The molecular weight excluding hydrogens is 437 g/mol. The molecule has 1 amide bonds. The Morgan fingerprint density at radius 3 is 2.34 bits per heavy atom. The molecule has 1 fully saturated rings. The van der Waals surface area contributed by atoms with Gasteiger partial charge < -0.3 is 9.64 Å². The highest BCUT2D eigenvalue weighted by Gasteiger charge is 2.35. The van der Waals surface area contributed by atoms with E-state index in [0.717, 1.165) is 18.4 Å². The van der Waals surface area contributed by atoms with Crippen molar-refractivity contribution in [2.75, 3.05) is 37.3 Å². The Morgan fingerprint density at radius 2 is 1.86 bits per heavy atom. The normalized spacial score (nSPS) is 15.9. The molecule has 7 nitrogen and oxygen atoms in total. The number of nitrogens with zero attached hydrogens (tertiary/aromatic N) is 2. The highest BCUT2D eigenvalue weighted by molar-refractivity contribution is 7.92. The third-order valence-corrected chi connectivity index (χ3v) is 6.07. The Morgan fingerprint density at radius 1 is 1.28 bits per heavy atom. The molecule has 0 saturated carbocycles. The van der Waals surface area contributed by atoms with Crippen LogP contribution < -0.4 is 4.31 Å². The summed E-state index contributed by atoms with van der Waals surface area (Å²) < 4.78 is 68.9. The van der Waals surface area contributed by atoms with Crippen LogP contribution >= 0.6 is 11.6 Å². The molecule has 0 unspecified atom stereocenters. The number of alkyl halides is 3. The van der Waals surface area contributed by atoms with E-state index < -0.39 is 39.2 Å². The molecule has 1 aliphatic heterocycles. The van der Waals surface area contributed by atoms with Crippen LogP contribution in [0.4, 0.5) is 18.9 Å². The summed E-state index contributed by atoms with van der Waals surface area (Å²) in [5.41, 5.74) is -1.52. The number of hydrogen-bond donors (Lipinski definition) is 0. The van der Waals surface area contributed by atoms with E-state index in [9.17, 15) is 31.2 Å². The van der Waals surface area contributed by atoms with Crippen LogP contribution in [0.15, 0.2) is 18.2 Å². The number of anilines is 1. The number of sulfonamides is 1. The monoisotopic (exact) mass is 456 g/mol. The molecule has 162 valence electrons. The van der Waals surface area contributed by atoms with Crippen LogP contribution in [-0.2, 0) is 30.5 Å². The van der Waals surface area contributed by atoms with Gasteiger partial charge in [-0.15, -0.1) is 0 Å². The van der Waals surface area contributed by atoms with Crippen LogP contribution in [0.3, 0.4) is 0 Å². The quantitative estimate of drug-likeness (QED) is 0.636. The second-order valence-corrected chi connectivity index (χ2v) is 8.92. The lowest BCUT2D eigenvalue weighted by molar-refractivity contribution is -0.148. The maximum atomic E-state index is 13.1. The molecule has 0 spiro atoms. The Hall–Kier alpha value is -2.01. The SMILES string of the molecule is COC(=O)C1CCN(C(=O)CN(c2ccc(Cl)c(C(F)(F)F)c2)S(C)(=O)=O)CC1. The topological polar surface area (TPSA) is 84.0 Å². The number of likely N-dealkylation sites (tertiary alicyclic amines) is 1. The van der Waals surface area contributed by atoms with E-state index in [1.165, 1.54) is 12.0 Å². The first-order valence-corrected chi connectivity index (χ1v) is 10.8. The third kappa shape index (κ3) is 5.75. The first-order valence-electron chi connectivity index (χ1n) is 8.54. The number of methoxy groups -OCH3 is 1. The molecule has 0 radical (unpaired) electrons. The molecule has 1 aromatic carbocycles. The molecule has 1 saturated heterocycles. The molecular formula is C17H20ClF3N2O5S. The van der Waals surface area contributed by atoms with E-state index in [0.29, 0.717) is 23.2 Å². The number of hydrogen-bond acceptors (Lipinski definition) is 5. The smallest absolute Gasteiger partial charge is 0.417 e. The fraction of sp³-hybridized carbons (Fsp3) is 0.529. The van der Waals surface area contributed by atoms with E-state index in [1.54, 1.807) is 0 Å². The van der Waals surface area contributed by atoms with Crippen LogP contribution in [0.25, 0.3) is 0 Å². The summed E-state index contributed by atoms with van der Waals surface area (Å²) in [6.45, 7) is -0.240. The zero-order valence-electron chi connectivity index (χ0n) is 15.7. The van der Waals surface area contributed by atoms with Crippen LogP contribution in [0, 0.1) is 5.92 Å². The predicted octanol–water partition coefficient (Wildman–Crippen LogP) is 2.54. The number of esters is 1. The highest BCUT2D eigenvalue weighted by Crippen LogP contribution is 2.37. The summed E-state index contributed by atoms with van der Waals surface area (Å²) in [5, 5.41) is -0.578. The lowest BCUT2D eigenvalue weighted by Gasteiger charge is -2.32. The molecule has 12 heteroatoms. The summed E-state index contributed by atoms with van der Waals surface area (Å²) in [7, 11) is -2.78. The van der Waals surface area contributed by atoms with E-state index >= 15 is 0 Å². The van der Waals surface area contributed by atoms with Gasteiger partial charge in [-0.05, 0) is 31.0 Å². The second-order valence-electron chi connectivity index (χ2n) is 6.61. The van der Waals surface area contributed by atoms with Crippen molar-refractivity contribution in [1.82, 2.24) is 4.90 Å². The summed E-state index contributed by atoms with van der Waals surface area (Å²) in [4.78, 5) is 25.5. The average Bonchev–Trinajstić information content (AvgIpc) is 2.64. The van der Waals surface area contributed by atoms with Crippen molar-refractivity contribution < 1.29 is 35.9 Å². The molecule has 1 aromatic rings. The van der Waals surface area contributed by atoms with E-state index in [2.05, 4.69) is 4.74 Å². The van der Waals surface area contributed by atoms with Crippen molar-refractivity contribution in [1.29, 1.82) is 0 Å². The Bertz CT molecular complexity index is 884. The van der Waals surface area contributed by atoms with Crippen LogP contribution in [0.5, 0.6) is 0 Å². The largest absolute Gasteiger partial charge is 0.469 e. The van der Waals surface area contributed by atoms with Gasteiger partial charge in [0.05, 0.1) is 35.6 Å². The number of carbonyl (C=O) groups excluding carboxylic acids is 2. The van der Waals surface area contributed by atoms with Crippen molar-refractivity contribution >= 4 is 39.2 Å². The molecule has 1 heterocycles. The summed E-state index contributed by atoms with van der Waals surface area (Å²) in [6.07, 6.45) is -3.27. The van der Waals surface area contributed by atoms with E-state index in [4.69, 9.17) is 11.6 Å². The predicted molar refractivity (Wildman–Crippen MR) is 100.0 cm³/mol. The maximum Gasteiger partial charge on any atom is 0.417 e. The van der Waals surface area contributed by atoms with Gasteiger partial charge in [0, 0.05) is 13.1 Å². The minimum absolute atomic E-state index is 0.213. The number of carbonyl (C=O) groups is 2. The van der Waals surface area contributed by atoms with Gasteiger partial charge >= 0.3 is 12.1 Å². The lowest BCUT2D eigenvalue weighted by Crippen LogP contribution is -2.46. The van der Waals surface area contributed by atoms with Crippen molar-refractivity contribution in [2.24, 2.45) is 5.92 Å². The Kier molecular flexibility index (Phi) is 7.05. The van der Waals surface area contributed by atoms with Crippen molar-refractivity contribution in [2.45, 2.75) is 19.0 Å². The molecule has 0 bridgehead atoms. The number of ether oxygens (including phenoxy) is 1. The lowest BCUT2D eigenvalue weighted by atomic mass is 9.97. The molecule has 29 heavy (non-hydrogen) atoms. The van der Waals surface area contributed by atoms with Crippen molar-refractivity contribution in [3.63, 3.8) is 0 Å². The van der Waals surface area contributed by atoms with Gasteiger partial charge in [0.25, 0.3) is 0 Å². The molecule has 1 aliphatic rings. The first kappa shape index (κ1) is 23.3. The van der Waals surface area contributed by atoms with Gasteiger partial charge in [0.2, 0.25) is 15.9 Å². The van der Waals surface area contributed by atoms with Gasteiger partial charge in [-0.3, -0.25) is 13.9 Å². The Labute approximate surface area is 171 Å². The van der Waals surface area contributed by atoms with Gasteiger partial charge in [-0.25, -0.2) is 8.42 Å². The van der Waals surface area contributed by atoms with Gasteiger partial charge in [0.15, 0.2) is 0 Å². The molecule has 0 aromatic heterocycles. The zero-order valence-corrected chi connectivity index (χ0v) is 17.3. The minimum atomic E-state index is -4.78.